The number of rotatable bonds is 4. The van der Waals surface area contributed by atoms with Gasteiger partial charge in [-0.2, -0.15) is 13.2 Å². The number of carbonyl (C=O) groups is 2. The lowest BCUT2D eigenvalue weighted by molar-refractivity contribution is -0.184. The van der Waals surface area contributed by atoms with Gasteiger partial charge < -0.3 is 10.1 Å². The highest BCUT2D eigenvalue weighted by Crippen LogP contribution is 2.21. The Morgan fingerprint density at radius 3 is 2.32 bits per heavy atom. The van der Waals surface area contributed by atoms with E-state index in [9.17, 15) is 22.8 Å². The van der Waals surface area contributed by atoms with E-state index in [2.05, 4.69) is 4.74 Å². The van der Waals surface area contributed by atoms with E-state index >= 15 is 0 Å². The summed E-state index contributed by atoms with van der Waals surface area (Å²) in [5.41, 5.74) is 0.547. The largest absolute Gasteiger partial charge is 0.467 e. The first-order valence-electron chi connectivity index (χ1n) is 5.32. The van der Waals surface area contributed by atoms with Crippen LogP contribution in [0.5, 0.6) is 0 Å². The Morgan fingerprint density at radius 1 is 1.26 bits per heavy atom. The summed E-state index contributed by atoms with van der Waals surface area (Å²) in [6.45, 7) is 0. The molecule has 1 unspecified atom stereocenters. The highest BCUT2D eigenvalue weighted by atomic mass is 19.4. The van der Waals surface area contributed by atoms with E-state index in [1.54, 1.807) is 35.6 Å². The van der Waals surface area contributed by atoms with Gasteiger partial charge in [0, 0.05) is 0 Å². The Morgan fingerprint density at radius 2 is 1.84 bits per heavy atom. The molecule has 0 saturated carbocycles. The molecular formula is C12H12F3NO3. The van der Waals surface area contributed by atoms with Crippen LogP contribution in [0.25, 0.3) is 0 Å². The zero-order valence-corrected chi connectivity index (χ0v) is 10.0. The van der Waals surface area contributed by atoms with Crippen molar-refractivity contribution in [3.8, 4) is 0 Å². The molecule has 0 aromatic heterocycles. The maximum absolute atomic E-state index is 12.5. The fraction of sp³-hybridized carbons (Fsp3) is 0.333. The molecule has 0 spiro atoms. The zero-order valence-electron chi connectivity index (χ0n) is 10.0. The van der Waals surface area contributed by atoms with E-state index < -0.39 is 24.1 Å². The minimum absolute atomic E-state index is 0.246. The van der Waals surface area contributed by atoms with Crippen molar-refractivity contribution < 1.29 is 27.5 Å². The van der Waals surface area contributed by atoms with Gasteiger partial charge in [0.05, 0.1) is 13.5 Å². The molecule has 0 aliphatic rings. The molecule has 1 aromatic carbocycles. The van der Waals surface area contributed by atoms with Gasteiger partial charge in [0.25, 0.3) is 0 Å². The topological polar surface area (TPSA) is 55.4 Å². The Hall–Kier alpha value is -2.05. The molecule has 0 fully saturated rings. The number of benzene rings is 1. The monoisotopic (exact) mass is 275 g/mol. The zero-order chi connectivity index (χ0) is 14.5. The summed E-state index contributed by atoms with van der Waals surface area (Å²) in [5.74, 6) is -2.45. The Labute approximate surface area is 107 Å². The first-order valence-corrected chi connectivity index (χ1v) is 5.32. The van der Waals surface area contributed by atoms with Crippen LogP contribution >= 0.6 is 0 Å². The molecule has 0 aliphatic carbocycles. The quantitative estimate of drug-likeness (QED) is 0.846. The second-order valence-corrected chi connectivity index (χ2v) is 3.73. The van der Waals surface area contributed by atoms with E-state index in [0.29, 0.717) is 5.56 Å². The summed E-state index contributed by atoms with van der Waals surface area (Å²) in [7, 11) is 0.824. The van der Waals surface area contributed by atoms with Gasteiger partial charge in [0.1, 0.15) is 0 Å². The summed E-state index contributed by atoms with van der Waals surface area (Å²) < 4.78 is 41.6. The average molecular weight is 275 g/mol. The van der Waals surface area contributed by atoms with Gasteiger partial charge in [-0.1, -0.05) is 30.3 Å². The summed E-state index contributed by atoms with van der Waals surface area (Å²) >= 11 is 0. The fourth-order valence-electron chi connectivity index (χ4n) is 1.39. The van der Waals surface area contributed by atoms with Crippen molar-refractivity contribution in [2.24, 2.45) is 0 Å². The van der Waals surface area contributed by atoms with Crippen molar-refractivity contribution in [2.75, 3.05) is 7.11 Å². The average Bonchev–Trinajstić information content (AvgIpc) is 2.35. The molecule has 1 amide bonds. The molecule has 104 valence electrons. The summed E-state index contributed by atoms with van der Waals surface area (Å²) in [5, 5.41) is 1.62. The van der Waals surface area contributed by atoms with Crippen LogP contribution in [0.1, 0.15) is 5.56 Å². The van der Waals surface area contributed by atoms with Crippen LogP contribution in [0.2, 0.25) is 0 Å². The second-order valence-electron chi connectivity index (χ2n) is 3.73. The number of hydrogen-bond donors (Lipinski definition) is 1. The first kappa shape index (κ1) is 15.0. The first-order chi connectivity index (χ1) is 8.84. The lowest BCUT2D eigenvalue weighted by atomic mass is 10.1. The van der Waals surface area contributed by atoms with Crippen molar-refractivity contribution in [1.29, 1.82) is 0 Å². The molecule has 19 heavy (non-hydrogen) atoms. The normalized spacial score (nSPS) is 12.6. The maximum Gasteiger partial charge on any atom is 0.419 e. The Bertz CT molecular complexity index is 445. The molecule has 0 radical (unpaired) electrons. The van der Waals surface area contributed by atoms with E-state index in [0.717, 1.165) is 7.11 Å². The van der Waals surface area contributed by atoms with Crippen LogP contribution in [0, 0.1) is 0 Å². The number of amides is 1. The van der Waals surface area contributed by atoms with Crippen LogP contribution in [0.15, 0.2) is 30.3 Å². The van der Waals surface area contributed by atoms with Gasteiger partial charge in [-0.15, -0.1) is 0 Å². The molecule has 0 bridgehead atoms. The van der Waals surface area contributed by atoms with Gasteiger partial charge in [0.15, 0.2) is 0 Å². The molecular weight excluding hydrogens is 263 g/mol. The molecule has 0 aliphatic heterocycles. The van der Waals surface area contributed by atoms with Crippen molar-refractivity contribution >= 4 is 11.9 Å². The van der Waals surface area contributed by atoms with Crippen molar-refractivity contribution in [1.82, 2.24) is 5.32 Å². The number of hydrogen-bond acceptors (Lipinski definition) is 3. The lowest BCUT2D eigenvalue weighted by Gasteiger charge is -2.19. The highest BCUT2D eigenvalue weighted by Gasteiger charge is 2.46. The molecule has 0 heterocycles. The van der Waals surface area contributed by atoms with E-state index in [-0.39, 0.29) is 6.42 Å². The third-order valence-corrected chi connectivity index (χ3v) is 2.28. The van der Waals surface area contributed by atoms with Crippen LogP contribution in [-0.4, -0.2) is 31.2 Å². The van der Waals surface area contributed by atoms with Gasteiger partial charge in [0.2, 0.25) is 11.9 Å². The standard InChI is InChI=1S/C12H12F3NO3/c1-19-11(18)10(12(13,14)15)16-9(17)7-8-5-3-2-4-6-8/h2-6,10H,7H2,1H3,(H,16,17). The lowest BCUT2D eigenvalue weighted by Crippen LogP contribution is -2.51. The summed E-state index contributed by atoms with van der Waals surface area (Å²) in [4.78, 5) is 22.5. The SMILES string of the molecule is COC(=O)C(NC(=O)Cc1ccccc1)C(F)(F)F. The molecule has 7 heteroatoms. The predicted molar refractivity (Wildman–Crippen MR) is 60.1 cm³/mol. The number of alkyl halides is 3. The van der Waals surface area contributed by atoms with E-state index in [4.69, 9.17) is 0 Å². The number of halogens is 3. The third-order valence-electron chi connectivity index (χ3n) is 2.28. The van der Waals surface area contributed by atoms with Gasteiger partial charge in [-0.05, 0) is 5.56 Å². The highest BCUT2D eigenvalue weighted by molar-refractivity contribution is 5.86. The minimum atomic E-state index is -4.89. The summed E-state index contributed by atoms with van der Waals surface area (Å²) in [6.07, 6.45) is -5.14. The number of methoxy groups -OCH3 is 1. The number of carbonyl (C=O) groups excluding carboxylic acids is 2. The number of ether oxygens (including phenoxy) is 1. The molecule has 1 aromatic rings. The molecule has 4 nitrogen and oxygen atoms in total. The maximum atomic E-state index is 12.5. The predicted octanol–water partition coefficient (Wildman–Crippen LogP) is 1.45. The minimum Gasteiger partial charge on any atom is -0.467 e. The second kappa shape index (κ2) is 6.21. The van der Waals surface area contributed by atoms with Gasteiger partial charge in [-0.3, -0.25) is 4.79 Å². The van der Waals surface area contributed by atoms with Crippen LogP contribution in [0.4, 0.5) is 13.2 Å². The smallest absolute Gasteiger partial charge is 0.419 e. The van der Waals surface area contributed by atoms with Crippen LogP contribution in [-0.2, 0) is 20.7 Å². The molecule has 1 atom stereocenters. The Kier molecular flexibility index (Phi) is 4.91. The van der Waals surface area contributed by atoms with E-state index in [1.807, 2.05) is 0 Å². The van der Waals surface area contributed by atoms with Gasteiger partial charge in [-0.25, -0.2) is 4.79 Å². The van der Waals surface area contributed by atoms with Crippen LogP contribution in [0.3, 0.4) is 0 Å². The number of nitrogens with one attached hydrogen (secondary N) is 1. The molecule has 1 rings (SSSR count). The van der Waals surface area contributed by atoms with Crippen molar-refractivity contribution in [2.45, 2.75) is 18.6 Å². The fourth-order valence-corrected chi connectivity index (χ4v) is 1.39. The molecule has 0 saturated heterocycles. The molecule has 1 N–H and O–H groups in total. The summed E-state index contributed by atoms with van der Waals surface area (Å²) in [6, 6.07) is 5.58. The van der Waals surface area contributed by atoms with E-state index in [1.165, 1.54) is 0 Å². The number of esters is 1. The Balaban J connectivity index is 2.70. The van der Waals surface area contributed by atoms with Crippen molar-refractivity contribution in [3.63, 3.8) is 0 Å². The van der Waals surface area contributed by atoms with Crippen molar-refractivity contribution in [3.05, 3.63) is 35.9 Å². The van der Waals surface area contributed by atoms with Crippen LogP contribution < -0.4 is 5.32 Å². The third kappa shape index (κ3) is 4.61. The van der Waals surface area contributed by atoms with Gasteiger partial charge >= 0.3 is 12.1 Å².